The van der Waals surface area contributed by atoms with Crippen molar-refractivity contribution in [3.05, 3.63) is 222 Å². The fourth-order valence-corrected chi connectivity index (χ4v) is 11.4. The Morgan fingerprint density at radius 2 is 0.887 bits per heavy atom. The lowest BCUT2D eigenvalue weighted by Crippen LogP contribution is -2.25. The lowest BCUT2D eigenvalue weighted by Gasteiger charge is -2.33. The van der Waals surface area contributed by atoms with Gasteiger partial charge in [-0.2, -0.15) is 0 Å². The van der Waals surface area contributed by atoms with Crippen LogP contribution < -0.4 is 9.80 Å². The summed E-state index contributed by atoms with van der Waals surface area (Å²) in [5.41, 5.74) is 17.9. The van der Waals surface area contributed by atoms with Crippen LogP contribution in [0.1, 0.15) is 62.8 Å². The summed E-state index contributed by atoms with van der Waals surface area (Å²) in [6.45, 7) is 9.89. The maximum absolute atomic E-state index is 2.53. The van der Waals surface area contributed by atoms with Gasteiger partial charge in [0, 0.05) is 44.4 Å². The van der Waals surface area contributed by atoms with Crippen molar-refractivity contribution in [1.29, 1.82) is 0 Å². The summed E-state index contributed by atoms with van der Waals surface area (Å²) in [7, 11) is 0. The quantitative estimate of drug-likeness (QED) is 0.165. The van der Waals surface area contributed by atoms with Gasteiger partial charge in [-0.25, -0.2) is 0 Å². The molecule has 0 heterocycles. The second-order valence-electron chi connectivity index (χ2n) is 18.4. The van der Waals surface area contributed by atoms with Crippen molar-refractivity contribution in [3.8, 4) is 22.3 Å². The molecule has 0 aliphatic heterocycles. The molecule has 12 rings (SSSR count). The fraction of sp³-hybridized carbons (Fsp3) is 0.133. The highest BCUT2D eigenvalue weighted by molar-refractivity contribution is 6.13. The first kappa shape index (κ1) is 36.7. The van der Waals surface area contributed by atoms with E-state index in [0.717, 1.165) is 18.5 Å². The van der Waals surface area contributed by atoms with E-state index in [0.29, 0.717) is 0 Å². The molecule has 2 heteroatoms. The van der Waals surface area contributed by atoms with Gasteiger partial charge in [0.1, 0.15) is 0 Å². The van der Waals surface area contributed by atoms with Crippen molar-refractivity contribution in [2.75, 3.05) is 9.80 Å². The van der Waals surface area contributed by atoms with Gasteiger partial charge in [0.05, 0.1) is 11.4 Å². The number of allylic oxidation sites excluding steroid dienone is 4. The highest BCUT2D eigenvalue weighted by Crippen LogP contribution is 2.63. The molecule has 298 valence electrons. The van der Waals surface area contributed by atoms with Crippen molar-refractivity contribution in [2.24, 2.45) is 0 Å². The fourth-order valence-electron chi connectivity index (χ4n) is 11.4. The SMILES string of the molecule is CC1(C)c2cc(N(C3=CC=CCC3)c3cccc4ccccc34)ccc2-c2c1c1c(c3ccccc23)-c2ccc(N(c3ccccc3)c3cccc4ccccc34)cc2C1(C)C. The van der Waals surface area contributed by atoms with Gasteiger partial charge in [-0.3, -0.25) is 0 Å². The lowest BCUT2D eigenvalue weighted by molar-refractivity contribution is 0.602. The van der Waals surface area contributed by atoms with Crippen LogP contribution in [0.25, 0.3) is 54.6 Å². The highest BCUT2D eigenvalue weighted by Gasteiger charge is 2.47. The van der Waals surface area contributed by atoms with Gasteiger partial charge < -0.3 is 9.80 Å². The Hall–Kier alpha value is -7.16. The lowest BCUT2D eigenvalue weighted by atomic mass is 9.71. The van der Waals surface area contributed by atoms with E-state index < -0.39 is 0 Å². The molecule has 3 aliphatic rings. The topological polar surface area (TPSA) is 6.48 Å². The molecular weight excluding hydrogens is 749 g/mol. The second-order valence-corrected chi connectivity index (χ2v) is 18.4. The monoisotopic (exact) mass is 796 g/mol. The van der Waals surface area contributed by atoms with Crippen molar-refractivity contribution in [1.82, 2.24) is 0 Å². The summed E-state index contributed by atoms with van der Waals surface area (Å²) in [6.07, 6.45) is 8.85. The van der Waals surface area contributed by atoms with Gasteiger partial charge >= 0.3 is 0 Å². The van der Waals surface area contributed by atoms with Crippen LogP contribution in [0.3, 0.4) is 0 Å². The first-order valence-electron chi connectivity index (χ1n) is 22.2. The summed E-state index contributed by atoms with van der Waals surface area (Å²) >= 11 is 0. The molecule has 0 fully saturated rings. The molecule has 3 aliphatic carbocycles. The van der Waals surface area contributed by atoms with Crippen molar-refractivity contribution in [2.45, 2.75) is 51.4 Å². The number of hydrogen-bond donors (Lipinski definition) is 0. The van der Waals surface area contributed by atoms with E-state index in [4.69, 9.17) is 0 Å². The summed E-state index contributed by atoms with van der Waals surface area (Å²) in [5, 5.41) is 7.66. The molecule has 0 amide bonds. The number of para-hydroxylation sites is 1. The first-order valence-corrected chi connectivity index (χ1v) is 22.2. The maximum Gasteiger partial charge on any atom is 0.0540 e. The molecule has 0 aromatic heterocycles. The van der Waals surface area contributed by atoms with E-state index in [1.807, 2.05) is 0 Å². The molecule has 2 nitrogen and oxygen atoms in total. The van der Waals surface area contributed by atoms with E-state index in [2.05, 4.69) is 232 Å². The average Bonchev–Trinajstić information content (AvgIpc) is 3.69. The molecule has 0 radical (unpaired) electrons. The maximum atomic E-state index is 2.53. The van der Waals surface area contributed by atoms with Crippen LogP contribution in [0.2, 0.25) is 0 Å². The number of nitrogens with zero attached hydrogens (tertiary/aromatic N) is 2. The Bertz CT molecular complexity index is 3350. The zero-order valence-corrected chi connectivity index (χ0v) is 35.8. The molecule has 62 heavy (non-hydrogen) atoms. The van der Waals surface area contributed by atoms with E-state index >= 15 is 0 Å². The minimum Gasteiger partial charge on any atom is -0.314 e. The number of fused-ring (bicyclic) bond motifs is 12. The first-order chi connectivity index (χ1) is 30.3. The number of benzene rings is 9. The number of hydrogen-bond acceptors (Lipinski definition) is 2. The molecule has 0 saturated heterocycles. The van der Waals surface area contributed by atoms with Crippen LogP contribution in [0, 0.1) is 0 Å². The number of anilines is 5. The van der Waals surface area contributed by atoms with E-state index in [1.165, 1.54) is 105 Å². The largest absolute Gasteiger partial charge is 0.314 e. The Labute approximate surface area is 364 Å². The summed E-state index contributed by atoms with van der Waals surface area (Å²) in [6, 6.07) is 65.6. The summed E-state index contributed by atoms with van der Waals surface area (Å²) < 4.78 is 0. The summed E-state index contributed by atoms with van der Waals surface area (Å²) in [4.78, 5) is 4.98. The zero-order chi connectivity index (χ0) is 41.7. The van der Waals surface area contributed by atoms with Gasteiger partial charge in [-0.1, -0.05) is 167 Å². The minimum absolute atomic E-state index is 0.263. The summed E-state index contributed by atoms with van der Waals surface area (Å²) in [5.74, 6) is 0. The van der Waals surface area contributed by atoms with Gasteiger partial charge in [0.15, 0.2) is 0 Å². The van der Waals surface area contributed by atoms with Crippen molar-refractivity contribution >= 4 is 60.8 Å². The van der Waals surface area contributed by atoms with Gasteiger partial charge in [-0.05, 0) is 134 Å². The molecule has 0 saturated carbocycles. The van der Waals surface area contributed by atoms with Gasteiger partial charge in [-0.15, -0.1) is 0 Å². The Balaban J connectivity index is 1.05. The van der Waals surface area contributed by atoms with E-state index in [1.54, 1.807) is 0 Å². The highest BCUT2D eigenvalue weighted by atomic mass is 15.2. The zero-order valence-electron chi connectivity index (χ0n) is 35.8. The number of rotatable bonds is 6. The van der Waals surface area contributed by atoms with Gasteiger partial charge in [0.25, 0.3) is 0 Å². The average molecular weight is 797 g/mol. The Kier molecular flexibility index (Phi) is 8.09. The van der Waals surface area contributed by atoms with Crippen molar-refractivity contribution in [3.63, 3.8) is 0 Å². The van der Waals surface area contributed by atoms with Crippen LogP contribution in [-0.2, 0) is 10.8 Å². The third-order valence-electron chi connectivity index (χ3n) is 14.2. The molecule has 0 bridgehead atoms. The molecule has 0 spiro atoms. The standard InChI is InChI=1S/C60H48N2/c1-59(2)51-37-43(61(41-23-7-5-8-24-41)53-31-17-21-39-19-11-13-27-45(39)53)33-35-49(51)55-47-29-15-16-30-48(47)56-50-36-34-44(38-52(50)60(3,4)58(56)57(55)59)62(42-25-9-6-10-26-42)54-32-18-22-40-20-12-14-28-46(40)54/h5-9,11-25,27-38H,10,26H2,1-4H3. The molecule has 0 unspecified atom stereocenters. The smallest absolute Gasteiger partial charge is 0.0540 e. The predicted octanol–water partition coefficient (Wildman–Crippen LogP) is 16.6. The molecule has 9 aromatic carbocycles. The van der Waals surface area contributed by atoms with Crippen LogP contribution in [0.15, 0.2) is 200 Å². The van der Waals surface area contributed by atoms with Crippen LogP contribution >= 0.6 is 0 Å². The van der Waals surface area contributed by atoms with Gasteiger partial charge in [0.2, 0.25) is 0 Å². The Morgan fingerprint density at radius 1 is 0.419 bits per heavy atom. The third kappa shape index (κ3) is 5.29. The third-order valence-corrected chi connectivity index (χ3v) is 14.2. The predicted molar refractivity (Wildman–Crippen MR) is 264 cm³/mol. The second kappa shape index (κ2) is 13.7. The molecule has 0 atom stereocenters. The Morgan fingerprint density at radius 3 is 1.42 bits per heavy atom. The normalized spacial score (nSPS) is 15.3. The van der Waals surface area contributed by atoms with E-state index in [9.17, 15) is 0 Å². The van der Waals surface area contributed by atoms with Crippen LogP contribution in [0.4, 0.5) is 28.4 Å². The molecular formula is C60H48N2. The van der Waals surface area contributed by atoms with Crippen LogP contribution in [-0.4, -0.2) is 0 Å². The molecule has 0 N–H and O–H groups in total. The van der Waals surface area contributed by atoms with E-state index in [-0.39, 0.29) is 10.8 Å². The van der Waals surface area contributed by atoms with Crippen LogP contribution in [0.5, 0.6) is 0 Å². The minimum atomic E-state index is -0.272. The molecule has 9 aromatic rings. The van der Waals surface area contributed by atoms with Crippen molar-refractivity contribution < 1.29 is 0 Å².